The normalized spacial score (nSPS) is 18.4. The van der Waals surface area contributed by atoms with Crippen LogP contribution in [0.3, 0.4) is 0 Å². The van der Waals surface area contributed by atoms with Crippen molar-refractivity contribution in [2.24, 2.45) is 5.73 Å². The molecule has 3 atom stereocenters. The lowest BCUT2D eigenvalue weighted by Gasteiger charge is -2.28. The number of nitrogens with one attached hydrogen (secondary N) is 2. The molecule has 8 heteroatoms. The van der Waals surface area contributed by atoms with Crippen LogP contribution in [-0.2, 0) is 25.6 Å². The van der Waals surface area contributed by atoms with Gasteiger partial charge in [-0.25, -0.2) is 0 Å². The Labute approximate surface area is 158 Å². The second kappa shape index (κ2) is 9.16. The van der Waals surface area contributed by atoms with Gasteiger partial charge in [0.15, 0.2) is 0 Å². The van der Waals surface area contributed by atoms with Gasteiger partial charge in [-0.05, 0) is 25.3 Å². The molecule has 2 rings (SSSR count). The Morgan fingerprint density at radius 1 is 1.19 bits per heavy atom. The lowest BCUT2D eigenvalue weighted by atomic mass is 10.0. The van der Waals surface area contributed by atoms with Gasteiger partial charge in [-0.2, -0.15) is 0 Å². The number of hydrogen-bond acceptors (Lipinski definition) is 4. The summed E-state index contributed by atoms with van der Waals surface area (Å²) in [5.41, 5.74) is 6.32. The molecule has 1 heterocycles. The molecule has 0 bridgehead atoms. The summed E-state index contributed by atoms with van der Waals surface area (Å²) in [5, 5.41) is 5.21. The predicted molar refractivity (Wildman–Crippen MR) is 99.3 cm³/mol. The maximum Gasteiger partial charge on any atom is 0.245 e. The monoisotopic (exact) mass is 374 g/mol. The third-order valence-electron chi connectivity index (χ3n) is 4.57. The predicted octanol–water partition coefficient (Wildman–Crippen LogP) is -0.285. The zero-order valence-electron chi connectivity index (χ0n) is 15.6. The summed E-state index contributed by atoms with van der Waals surface area (Å²) in [6, 6.07) is 7.00. The first kappa shape index (κ1) is 20.4. The van der Waals surface area contributed by atoms with E-state index in [9.17, 15) is 19.2 Å². The van der Waals surface area contributed by atoms with Crippen LogP contribution in [0.15, 0.2) is 30.3 Å². The largest absolute Gasteiger partial charge is 0.368 e. The van der Waals surface area contributed by atoms with Crippen LogP contribution in [0.5, 0.6) is 0 Å². The molecule has 27 heavy (non-hydrogen) atoms. The second-order valence-electron chi connectivity index (χ2n) is 6.77. The van der Waals surface area contributed by atoms with Crippen molar-refractivity contribution in [2.75, 3.05) is 6.54 Å². The molecule has 0 aromatic heterocycles. The van der Waals surface area contributed by atoms with Crippen molar-refractivity contribution >= 4 is 23.6 Å². The van der Waals surface area contributed by atoms with E-state index in [0.29, 0.717) is 19.4 Å². The summed E-state index contributed by atoms with van der Waals surface area (Å²) in [4.78, 5) is 49.7. The van der Waals surface area contributed by atoms with Gasteiger partial charge in [0, 0.05) is 19.9 Å². The molecule has 0 saturated carbocycles. The average molecular weight is 374 g/mol. The smallest absolute Gasteiger partial charge is 0.245 e. The van der Waals surface area contributed by atoms with Crippen LogP contribution in [0.4, 0.5) is 0 Å². The van der Waals surface area contributed by atoms with Crippen LogP contribution < -0.4 is 16.4 Å². The quantitative estimate of drug-likeness (QED) is 0.607. The number of amides is 4. The van der Waals surface area contributed by atoms with Crippen LogP contribution in [0.1, 0.15) is 32.3 Å². The number of hydrogen-bond donors (Lipinski definition) is 3. The highest BCUT2D eigenvalue weighted by molar-refractivity contribution is 5.94. The van der Waals surface area contributed by atoms with E-state index in [4.69, 9.17) is 5.73 Å². The summed E-state index contributed by atoms with van der Waals surface area (Å²) in [6.45, 7) is 3.35. The van der Waals surface area contributed by atoms with E-state index in [0.717, 1.165) is 5.56 Å². The van der Waals surface area contributed by atoms with E-state index in [1.165, 1.54) is 11.8 Å². The minimum absolute atomic E-state index is 0.283. The van der Waals surface area contributed by atoms with E-state index in [1.807, 2.05) is 30.3 Å². The Kier molecular flexibility index (Phi) is 6.92. The van der Waals surface area contributed by atoms with Gasteiger partial charge in [0.1, 0.15) is 18.1 Å². The fraction of sp³-hybridized carbons (Fsp3) is 0.474. The van der Waals surface area contributed by atoms with E-state index in [-0.39, 0.29) is 18.2 Å². The molecule has 1 aromatic carbocycles. The van der Waals surface area contributed by atoms with E-state index in [1.54, 1.807) is 6.92 Å². The fourth-order valence-corrected chi connectivity index (χ4v) is 3.26. The lowest BCUT2D eigenvalue weighted by Crippen LogP contribution is -2.55. The SMILES string of the molecule is CC(=O)N[C@@H](C)C(=O)N1CCC[C@H]1C(=O)N[C@@H](Cc1ccccc1)C(N)=O. The molecular formula is C19H26N4O4. The molecule has 0 aliphatic carbocycles. The van der Waals surface area contributed by atoms with Gasteiger partial charge < -0.3 is 21.3 Å². The molecule has 4 amide bonds. The average Bonchev–Trinajstić information content (AvgIpc) is 3.10. The minimum atomic E-state index is -0.856. The molecule has 8 nitrogen and oxygen atoms in total. The van der Waals surface area contributed by atoms with Gasteiger partial charge in [0.25, 0.3) is 0 Å². The van der Waals surface area contributed by atoms with Gasteiger partial charge >= 0.3 is 0 Å². The maximum atomic E-state index is 12.7. The molecule has 1 saturated heterocycles. The van der Waals surface area contributed by atoms with Crippen molar-refractivity contribution in [1.29, 1.82) is 0 Å². The Bertz CT molecular complexity index is 707. The third kappa shape index (κ3) is 5.54. The molecular weight excluding hydrogens is 348 g/mol. The lowest BCUT2D eigenvalue weighted by molar-refractivity contribution is -0.141. The van der Waals surface area contributed by atoms with E-state index >= 15 is 0 Å². The number of primary amides is 1. The topological polar surface area (TPSA) is 122 Å². The third-order valence-corrected chi connectivity index (χ3v) is 4.57. The number of carbonyl (C=O) groups excluding carboxylic acids is 4. The van der Waals surface area contributed by atoms with Crippen LogP contribution >= 0.6 is 0 Å². The van der Waals surface area contributed by atoms with Crippen molar-refractivity contribution in [1.82, 2.24) is 15.5 Å². The molecule has 1 aromatic rings. The van der Waals surface area contributed by atoms with Gasteiger partial charge in [-0.1, -0.05) is 30.3 Å². The maximum absolute atomic E-state index is 12.7. The van der Waals surface area contributed by atoms with Crippen LogP contribution in [0, 0.1) is 0 Å². The summed E-state index contributed by atoms with van der Waals surface area (Å²) in [6.07, 6.45) is 1.46. The van der Waals surface area contributed by atoms with Crippen molar-refractivity contribution in [3.8, 4) is 0 Å². The highest BCUT2D eigenvalue weighted by Gasteiger charge is 2.37. The number of likely N-dealkylation sites (tertiary alicyclic amines) is 1. The first-order valence-corrected chi connectivity index (χ1v) is 9.00. The van der Waals surface area contributed by atoms with Gasteiger partial charge in [0.2, 0.25) is 23.6 Å². The molecule has 1 fully saturated rings. The van der Waals surface area contributed by atoms with Crippen molar-refractivity contribution in [3.05, 3.63) is 35.9 Å². The number of rotatable bonds is 7. The molecule has 0 spiro atoms. The summed E-state index contributed by atoms with van der Waals surface area (Å²) < 4.78 is 0. The zero-order chi connectivity index (χ0) is 20.0. The van der Waals surface area contributed by atoms with E-state index < -0.39 is 29.9 Å². The Morgan fingerprint density at radius 2 is 1.85 bits per heavy atom. The number of nitrogens with zero attached hydrogens (tertiary/aromatic N) is 1. The van der Waals surface area contributed by atoms with Crippen LogP contribution in [0.25, 0.3) is 0 Å². The summed E-state index contributed by atoms with van der Waals surface area (Å²) >= 11 is 0. The highest BCUT2D eigenvalue weighted by atomic mass is 16.2. The summed E-state index contributed by atoms with van der Waals surface area (Å²) in [5.74, 6) is -1.67. The fourth-order valence-electron chi connectivity index (χ4n) is 3.26. The van der Waals surface area contributed by atoms with Crippen LogP contribution in [0.2, 0.25) is 0 Å². The van der Waals surface area contributed by atoms with Crippen LogP contribution in [-0.4, -0.2) is 53.2 Å². The molecule has 4 N–H and O–H groups in total. The molecule has 146 valence electrons. The minimum Gasteiger partial charge on any atom is -0.368 e. The van der Waals surface area contributed by atoms with Crippen molar-refractivity contribution in [3.63, 3.8) is 0 Å². The van der Waals surface area contributed by atoms with Gasteiger partial charge in [-0.3, -0.25) is 19.2 Å². The molecule has 1 aliphatic heterocycles. The Morgan fingerprint density at radius 3 is 2.44 bits per heavy atom. The van der Waals surface area contributed by atoms with E-state index in [2.05, 4.69) is 10.6 Å². The molecule has 0 radical (unpaired) electrons. The standard InChI is InChI=1S/C19H26N4O4/c1-12(21-13(2)24)19(27)23-10-6-9-16(23)18(26)22-15(17(20)25)11-14-7-4-3-5-8-14/h3-5,7-8,12,15-16H,6,9-11H2,1-2H3,(H2,20,25)(H,21,24)(H,22,26)/t12-,15-,16-/m0/s1. The number of benzene rings is 1. The zero-order valence-corrected chi connectivity index (χ0v) is 15.6. The number of nitrogens with two attached hydrogens (primary N) is 1. The van der Waals surface area contributed by atoms with Gasteiger partial charge in [0.05, 0.1) is 0 Å². The molecule has 1 aliphatic rings. The van der Waals surface area contributed by atoms with Gasteiger partial charge in [-0.15, -0.1) is 0 Å². The second-order valence-corrected chi connectivity index (χ2v) is 6.77. The van der Waals surface area contributed by atoms with Crippen molar-refractivity contribution in [2.45, 2.75) is 51.2 Å². The van der Waals surface area contributed by atoms with Crippen molar-refractivity contribution < 1.29 is 19.2 Å². The first-order chi connectivity index (χ1) is 12.8. The Balaban J connectivity index is 2.04. The highest BCUT2D eigenvalue weighted by Crippen LogP contribution is 2.19. The molecule has 0 unspecified atom stereocenters. The summed E-state index contributed by atoms with van der Waals surface area (Å²) in [7, 11) is 0. The first-order valence-electron chi connectivity index (χ1n) is 9.00. The number of carbonyl (C=O) groups is 4. The Hall–Kier alpha value is -2.90.